The molecule has 2 atom stereocenters. The van der Waals surface area contributed by atoms with Crippen molar-refractivity contribution >= 4 is 34.0 Å². The van der Waals surface area contributed by atoms with E-state index in [1.54, 1.807) is 7.05 Å². The topological polar surface area (TPSA) is 76.0 Å². The summed E-state index contributed by atoms with van der Waals surface area (Å²) < 4.78 is 28.3. The van der Waals surface area contributed by atoms with Gasteiger partial charge in [-0.25, -0.2) is 13.1 Å². The summed E-state index contributed by atoms with van der Waals surface area (Å²) >= 11 is 5.84. The van der Waals surface area contributed by atoms with Crippen molar-refractivity contribution in [3.8, 4) is 0 Å². The van der Waals surface area contributed by atoms with Crippen LogP contribution in [0.25, 0.3) is 0 Å². The van der Waals surface area contributed by atoms with E-state index in [-0.39, 0.29) is 28.5 Å². The maximum Gasteiger partial charge on any atom is 0.259 e. The maximum absolute atomic E-state index is 12.1. The standard InChI is InChI=1S/C9H13ClN4O2S.ClH/c1-14-9(7(10)4-12-14)17(15,16)13-8-5-2-11-3-6(5)8;/h4-6,8,11,13H,2-3H2,1H3;1H. The lowest BCUT2D eigenvalue weighted by Gasteiger charge is -2.09. The van der Waals surface area contributed by atoms with Crippen LogP contribution in [0.4, 0.5) is 0 Å². The Bertz CT molecular complexity index is 529. The molecule has 1 aliphatic carbocycles. The van der Waals surface area contributed by atoms with Crippen LogP contribution in [0.5, 0.6) is 0 Å². The smallest absolute Gasteiger partial charge is 0.259 e. The Morgan fingerprint density at radius 2 is 2.11 bits per heavy atom. The summed E-state index contributed by atoms with van der Waals surface area (Å²) in [6.45, 7) is 1.77. The summed E-state index contributed by atoms with van der Waals surface area (Å²) in [5.74, 6) is 0.855. The van der Waals surface area contributed by atoms with Crippen LogP contribution in [0.2, 0.25) is 5.02 Å². The molecule has 2 fully saturated rings. The molecule has 0 spiro atoms. The number of sulfonamides is 1. The number of aryl methyl sites for hydroxylation is 1. The van der Waals surface area contributed by atoms with Crippen molar-refractivity contribution in [2.75, 3.05) is 13.1 Å². The summed E-state index contributed by atoms with van der Waals surface area (Å²) in [5, 5.41) is 7.25. The van der Waals surface area contributed by atoms with E-state index in [0.29, 0.717) is 11.8 Å². The lowest BCUT2D eigenvalue weighted by Crippen LogP contribution is -2.33. The highest BCUT2D eigenvalue weighted by Gasteiger charge is 2.54. The number of rotatable bonds is 3. The van der Waals surface area contributed by atoms with Crippen molar-refractivity contribution in [2.45, 2.75) is 11.1 Å². The van der Waals surface area contributed by atoms with Gasteiger partial charge in [0.25, 0.3) is 10.0 Å². The van der Waals surface area contributed by atoms with Crippen LogP contribution < -0.4 is 10.0 Å². The molecule has 2 N–H and O–H groups in total. The van der Waals surface area contributed by atoms with E-state index in [4.69, 9.17) is 11.6 Å². The average molecular weight is 313 g/mol. The Morgan fingerprint density at radius 1 is 1.50 bits per heavy atom. The molecular weight excluding hydrogens is 299 g/mol. The van der Waals surface area contributed by atoms with Gasteiger partial charge in [0.2, 0.25) is 0 Å². The van der Waals surface area contributed by atoms with Gasteiger partial charge in [0.1, 0.15) is 0 Å². The molecule has 102 valence electrons. The van der Waals surface area contributed by atoms with Crippen LogP contribution in [-0.2, 0) is 17.1 Å². The second-order valence-corrected chi connectivity index (χ2v) is 6.59. The van der Waals surface area contributed by atoms with E-state index in [0.717, 1.165) is 13.1 Å². The van der Waals surface area contributed by atoms with Crippen molar-refractivity contribution in [3.05, 3.63) is 11.2 Å². The average Bonchev–Trinajstić information content (AvgIpc) is 2.68. The second-order valence-electron chi connectivity index (χ2n) is 4.55. The van der Waals surface area contributed by atoms with Gasteiger partial charge in [-0.2, -0.15) is 5.10 Å². The van der Waals surface area contributed by atoms with Crippen LogP contribution in [0.1, 0.15) is 0 Å². The summed E-state index contributed by atoms with van der Waals surface area (Å²) in [5.41, 5.74) is 0. The molecule has 1 saturated carbocycles. The van der Waals surface area contributed by atoms with Gasteiger partial charge in [-0.3, -0.25) is 4.68 Å². The summed E-state index contributed by atoms with van der Waals surface area (Å²) in [4.78, 5) is 0. The number of nitrogens with one attached hydrogen (secondary N) is 2. The molecule has 2 unspecified atom stereocenters. The number of aromatic nitrogens is 2. The highest BCUT2D eigenvalue weighted by Crippen LogP contribution is 2.42. The number of hydrogen-bond acceptors (Lipinski definition) is 4. The zero-order valence-electron chi connectivity index (χ0n) is 9.63. The van der Waals surface area contributed by atoms with Crippen LogP contribution in [0.3, 0.4) is 0 Å². The normalized spacial score (nSPS) is 29.8. The van der Waals surface area contributed by atoms with E-state index < -0.39 is 10.0 Å². The fourth-order valence-corrected chi connectivity index (χ4v) is 4.52. The number of fused-ring (bicyclic) bond motifs is 1. The van der Waals surface area contributed by atoms with Crippen molar-refractivity contribution in [3.63, 3.8) is 0 Å². The number of nitrogens with zero attached hydrogens (tertiary/aromatic N) is 2. The predicted octanol–water partition coefficient (Wildman–Crippen LogP) is -0.00860. The molecule has 0 bridgehead atoms. The van der Waals surface area contributed by atoms with Gasteiger partial charge in [0, 0.05) is 13.1 Å². The Balaban J connectivity index is 0.00000120. The zero-order valence-corrected chi connectivity index (χ0v) is 12.0. The number of halogens is 2. The lowest BCUT2D eigenvalue weighted by molar-refractivity contribution is 0.550. The first-order chi connectivity index (χ1) is 8.00. The van der Waals surface area contributed by atoms with Gasteiger partial charge in [-0.15, -0.1) is 12.4 Å². The second kappa shape index (κ2) is 4.64. The molecule has 18 heavy (non-hydrogen) atoms. The third kappa shape index (κ3) is 2.14. The van der Waals surface area contributed by atoms with Gasteiger partial charge in [-0.05, 0) is 24.9 Å². The summed E-state index contributed by atoms with van der Waals surface area (Å²) in [6, 6.07) is 0.0483. The minimum Gasteiger partial charge on any atom is -0.316 e. The highest BCUT2D eigenvalue weighted by atomic mass is 35.5. The van der Waals surface area contributed by atoms with E-state index in [2.05, 4.69) is 15.1 Å². The summed E-state index contributed by atoms with van der Waals surface area (Å²) in [7, 11) is -2.00. The van der Waals surface area contributed by atoms with Crippen molar-refractivity contribution in [1.82, 2.24) is 19.8 Å². The van der Waals surface area contributed by atoms with Crippen LogP contribution in [-0.4, -0.2) is 37.3 Å². The first-order valence-electron chi connectivity index (χ1n) is 5.41. The molecule has 0 radical (unpaired) electrons. The van der Waals surface area contributed by atoms with Crippen molar-refractivity contribution in [2.24, 2.45) is 18.9 Å². The van der Waals surface area contributed by atoms with Gasteiger partial charge < -0.3 is 5.32 Å². The monoisotopic (exact) mass is 312 g/mol. The van der Waals surface area contributed by atoms with E-state index in [1.807, 2.05) is 0 Å². The Labute approximate surface area is 117 Å². The summed E-state index contributed by atoms with van der Waals surface area (Å²) in [6.07, 6.45) is 1.34. The molecule has 2 aliphatic rings. The molecule has 6 nitrogen and oxygen atoms in total. The maximum atomic E-state index is 12.1. The van der Waals surface area contributed by atoms with Gasteiger partial charge in [0.05, 0.1) is 11.2 Å². The first kappa shape index (κ1) is 14.1. The van der Waals surface area contributed by atoms with Gasteiger partial charge in [0.15, 0.2) is 5.03 Å². The molecule has 1 aromatic heterocycles. The third-order valence-electron chi connectivity index (χ3n) is 3.48. The molecule has 2 heterocycles. The fourth-order valence-electron chi connectivity index (χ4n) is 2.53. The Hall–Kier alpha value is -0.340. The largest absolute Gasteiger partial charge is 0.316 e. The third-order valence-corrected chi connectivity index (χ3v) is 5.44. The zero-order chi connectivity index (χ0) is 12.2. The molecule has 9 heteroatoms. The number of piperidine rings is 1. The minimum absolute atomic E-state index is 0. The molecule has 1 saturated heterocycles. The van der Waals surface area contributed by atoms with Crippen molar-refractivity contribution < 1.29 is 8.42 Å². The SMILES string of the molecule is Cl.Cn1ncc(Cl)c1S(=O)(=O)NC1C2CNCC21. The number of hydrogen-bond donors (Lipinski definition) is 2. The minimum atomic E-state index is -3.57. The fraction of sp³-hybridized carbons (Fsp3) is 0.667. The molecular formula is C9H14Cl2N4O2S. The predicted molar refractivity (Wildman–Crippen MR) is 69.4 cm³/mol. The lowest BCUT2D eigenvalue weighted by atomic mass is 10.4. The van der Waals surface area contributed by atoms with Gasteiger partial charge in [-0.1, -0.05) is 11.6 Å². The molecule has 3 rings (SSSR count). The molecule has 1 aromatic rings. The molecule has 0 amide bonds. The van der Waals surface area contributed by atoms with Gasteiger partial charge >= 0.3 is 0 Å². The molecule has 0 aromatic carbocycles. The van der Waals surface area contributed by atoms with Crippen LogP contribution in [0.15, 0.2) is 11.2 Å². The van der Waals surface area contributed by atoms with Crippen LogP contribution in [0, 0.1) is 11.8 Å². The Kier molecular flexibility index (Phi) is 3.63. The van der Waals surface area contributed by atoms with Crippen molar-refractivity contribution in [1.29, 1.82) is 0 Å². The molecule has 1 aliphatic heterocycles. The highest BCUT2D eigenvalue weighted by molar-refractivity contribution is 7.89. The quantitative estimate of drug-likeness (QED) is 0.823. The van der Waals surface area contributed by atoms with E-state index >= 15 is 0 Å². The Morgan fingerprint density at radius 3 is 2.61 bits per heavy atom. The van der Waals surface area contributed by atoms with E-state index in [9.17, 15) is 8.42 Å². The van der Waals surface area contributed by atoms with E-state index in [1.165, 1.54) is 10.9 Å². The van der Waals surface area contributed by atoms with Crippen LogP contribution >= 0.6 is 24.0 Å². The first-order valence-corrected chi connectivity index (χ1v) is 7.27.